The van der Waals surface area contributed by atoms with Gasteiger partial charge < -0.3 is 14.4 Å². The number of hydrogen-bond donors (Lipinski definition) is 0. The number of rotatable bonds is 10. The van der Waals surface area contributed by atoms with Crippen LogP contribution in [0.1, 0.15) is 30.5 Å². The molecule has 0 bridgehead atoms. The van der Waals surface area contributed by atoms with Gasteiger partial charge in [-0.2, -0.15) is 0 Å². The number of carbonyl (C=O) groups excluding carboxylic acids is 2. The van der Waals surface area contributed by atoms with Crippen molar-refractivity contribution in [2.75, 3.05) is 13.2 Å². The second kappa shape index (κ2) is 12.9. The number of halogens is 1. The molecule has 0 amide bonds. The van der Waals surface area contributed by atoms with Gasteiger partial charge in [0.1, 0.15) is 0 Å². The van der Waals surface area contributed by atoms with Crippen LogP contribution in [0.15, 0.2) is 90.5 Å². The van der Waals surface area contributed by atoms with E-state index < -0.39 is 11.9 Å². The molecule has 0 fully saturated rings. The summed E-state index contributed by atoms with van der Waals surface area (Å²) in [5.41, 5.74) is 3.27. The lowest BCUT2D eigenvalue weighted by molar-refractivity contribution is -0.146. The molecule has 3 aromatic carbocycles. The van der Waals surface area contributed by atoms with Gasteiger partial charge in [0, 0.05) is 22.2 Å². The number of carbonyl (C=O) groups is 2. The predicted molar refractivity (Wildman–Crippen MR) is 141 cm³/mol. The van der Waals surface area contributed by atoms with Gasteiger partial charge in [0.25, 0.3) is 0 Å². The SMILES string of the molecule is CCOC(=O)C(C(=O)OCC)=C(c1ccccc1I)N(Cc1ccccc1)Cc1ccccc1. The van der Waals surface area contributed by atoms with Crippen LogP contribution in [-0.2, 0) is 32.2 Å². The molecule has 0 aliphatic rings. The molecule has 0 saturated heterocycles. The highest BCUT2D eigenvalue weighted by atomic mass is 127. The van der Waals surface area contributed by atoms with E-state index in [9.17, 15) is 9.59 Å². The normalized spacial score (nSPS) is 10.3. The van der Waals surface area contributed by atoms with Gasteiger partial charge >= 0.3 is 11.9 Å². The second-order valence-electron chi connectivity index (χ2n) is 7.47. The maximum absolute atomic E-state index is 13.2. The van der Waals surface area contributed by atoms with Crippen LogP contribution in [0.4, 0.5) is 0 Å². The van der Waals surface area contributed by atoms with Crippen molar-refractivity contribution in [2.45, 2.75) is 26.9 Å². The van der Waals surface area contributed by atoms with Crippen molar-refractivity contribution in [1.82, 2.24) is 4.90 Å². The van der Waals surface area contributed by atoms with Gasteiger partial charge in [-0.3, -0.25) is 0 Å². The van der Waals surface area contributed by atoms with Gasteiger partial charge in [0.05, 0.1) is 18.9 Å². The first-order valence-corrected chi connectivity index (χ1v) is 12.3. The zero-order chi connectivity index (χ0) is 24.3. The molecule has 34 heavy (non-hydrogen) atoms. The molecule has 5 nitrogen and oxygen atoms in total. The van der Waals surface area contributed by atoms with Crippen LogP contribution in [0.3, 0.4) is 0 Å². The average molecular weight is 569 g/mol. The zero-order valence-electron chi connectivity index (χ0n) is 19.4. The van der Waals surface area contributed by atoms with Crippen molar-refractivity contribution in [1.29, 1.82) is 0 Å². The summed E-state index contributed by atoms with van der Waals surface area (Å²) in [5.74, 6) is -1.39. The first-order valence-electron chi connectivity index (χ1n) is 11.2. The van der Waals surface area contributed by atoms with Gasteiger partial charge in [-0.15, -0.1) is 0 Å². The molecule has 3 rings (SSSR count). The van der Waals surface area contributed by atoms with E-state index in [-0.39, 0.29) is 18.8 Å². The number of hydrogen-bond acceptors (Lipinski definition) is 5. The standard InChI is InChI=1S/C28H28INO4/c1-3-33-27(31)25(28(32)34-4-2)26(23-17-11-12-18-24(23)29)30(19-21-13-7-5-8-14-21)20-22-15-9-6-10-16-22/h5-18H,3-4,19-20H2,1-2H3. The van der Waals surface area contributed by atoms with Crippen molar-refractivity contribution in [3.63, 3.8) is 0 Å². The quantitative estimate of drug-likeness (QED) is 0.101. The molecule has 176 valence electrons. The van der Waals surface area contributed by atoms with E-state index in [0.717, 1.165) is 20.3 Å². The van der Waals surface area contributed by atoms with Gasteiger partial charge in [0.15, 0.2) is 5.57 Å². The molecule has 0 spiro atoms. The van der Waals surface area contributed by atoms with E-state index in [2.05, 4.69) is 22.6 Å². The van der Waals surface area contributed by atoms with E-state index in [0.29, 0.717) is 18.8 Å². The molecule has 0 radical (unpaired) electrons. The fraction of sp³-hybridized carbons (Fsp3) is 0.214. The molecular weight excluding hydrogens is 541 g/mol. The van der Waals surface area contributed by atoms with Crippen molar-refractivity contribution in [3.05, 3.63) is 111 Å². The Labute approximate surface area is 214 Å². The van der Waals surface area contributed by atoms with Crippen LogP contribution in [0.25, 0.3) is 5.70 Å². The van der Waals surface area contributed by atoms with Gasteiger partial charge in [-0.05, 0) is 53.6 Å². The maximum Gasteiger partial charge on any atom is 0.347 e. The van der Waals surface area contributed by atoms with E-state index in [4.69, 9.17) is 9.47 Å². The Morgan fingerprint density at radius 1 is 0.706 bits per heavy atom. The summed E-state index contributed by atoms with van der Waals surface area (Å²) in [6, 6.07) is 27.6. The molecule has 0 atom stereocenters. The minimum absolute atomic E-state index is 0.0975. The smallest absolute Gasteiger partial charge is 0.347 e. The van der Waals surface area contributed by atoms with Gasteiger partial charge in [-0.1, -0.05) is 78.9 Å². The van der Waals surface area contributed by atoms with Crippen LogP contribution in [-0.4, -0.2) is 30.1 Å². The van der Waals surface area contributed by atoms with Crippen LogP contribution >= 0.6 is 22.6 Å². The van der Waals surface area contributed by atoms with Gasteiger partial charge in [0.2, 0.25) is 0 Å². The summed E-state index contributed by atoms with van der Waals surface area (Å²) in [6.45, 7) is 4.71. The van der Waals surface area contributed by atoms with E-state index in [1.165, 1.54) is 0 Å². The van der Waals surface area contributed by atoms with Crippen LogP contribution in [0.5, 0.6) is 0 Å². The lowest BCUT2D eigenvalue weighted by Crippen LogP contribution is -2.29. The molecule has 0 aliphatic carbocycles. The molecule has 0 aliphatic heterocycles. The van der Waals surface area contributed by atoms with E-state index >= 15 is 0 Å². The first kappa shape index (κ1) is 25.5. The second-order valence-corrected chi connectivity index (χ2v) is 8.63. The number of esters is 2. The fourth-order valence-corrected chi connectivity index (χ4v) is 4.26. The molecule has 3 aromatic rings. The molecule has 0 N–H and O–H groups in total. The third kappa shape index (κ3) is 6.70. The Bertz CT molecular complexity index is 1070. The van der Waals surface area contributed by atoms with Crippen molar-refractivity contribution in [3.8, 4) is 0 Å². The van der Waals surface area contributed by atoms with Crippen LogP contribution < -0.4 is 0 Å². The summed E-state index contributed by atoms with van der Waals surface area (Å²) in [5, 5.41) is 0. The minimum atomic E-state index is -0.693. The lowest BCUT2D eigenvalue weighted by Gasteiger charge is -2.30. The number of benzene rings is 3. The Morgan fingerprint density at radius 2 is 1.15 bits per heavy atom. The maximum atomic E-state index is 13.2. The monoisotopic (exact) mass is 569 g/mol. The zero-order valence-corrected chi connectivity index (χ0v) is 21.5. The molecule has 0 aromatic heterocycles. The highest BCUT2D eigenvalue weighted by molar-refractivity contribution is 14.1. The Hall–Kier alpha value is -3.13. The van der Waals surface area contributed by atoms with Crippen LogP contribution in [0.2, 0.25) is 0 Å². The van der Waals surface area contributed by atoms with E-state index in [1.54, 1.807) is 13.8 Å². The Kier molecular flexibility index (Phi) is 9.70. The number of nitrogens with zero attached hydrogens (tertiary/aromatic N) is 1. The summed E-state index contributed by atoms with van der Waals surface area (Å²) in [7, 11) is 0. The summed E-state index contributed by atoms with van der Waals surface area (Å²) in [6.07, 6.45) is 0. The first-order chi connectivity index (χ1) is 16.5. The predicted octanol–water partition coefficient (Wildman–Crippen LogP) is 5.83. The average Bonchev–Trinajstić information content (AvgIpc) is 2.84. The topological polar surface area (TPSA) is 55.8 Å². The Morgan fingerprint density at radius 3 is 1.59 bits per heavy atom. The van der Waals surface area contributed by atoms with Crippen LogP contribution in [0, 0.1) is 3.57 Å². The third-order valence-electron chi connectivity index (χ3n) is 5.07. The summed E-state index contributed by atoms with van der Waals surface area (Å²) < 4.78 is 11.6. The van der Waals surface area contributed by atoms with Gasteiger partial charge in [-0.25, -0.2) is 9.59 Å². The molecule has 0 heterocycles. The minimum Gasteiger partial charge on any atom is -0.462 e. The molecule has 0 unspecified atom stereocenters. The Balaban J connectivity index is 2.27. The molecular formula is C28H28INO4. The highest BCUT2D eigenvalue weighted by Gasteiger charge is 2.31. The van der Waals surface area contributed by atoms with Crippen molar-refractivity contribution < 1.29 is 19.1 Å². The molecule has 6 heteroatoms. The third-order valence-corrected chi connectivity index (χ3v) is 6.01. The largest absolute Gasteiger partial charge is 0.462 e. The lowest BCUT2D eigenvalue weighted by atomic mass is 10.0. The summed E-state index contributed by atoms with van der Waals surface area (Å²) >= 11 is 2.23. The molecule has 0 saturated carbocycles. The van der Waals surface area contributed by atoms with Crippen molar-refractivity contribution >= 4 is 40.2 Å². The number of ether oxygens (including phenoxy) is 2. The van der Waals surface area contributed by atoms with E-state index in [1.807, 2.05) is 89.8 Å². The highest BCUT2D eigenvalue weighted by Crippen LogP contribution is 2.31. The van der Waals surface area contributed by atoms with Crippen molar-refractivity contribution in [2.24, 2.45) is 0 Å². The summed E-state index contributed by atoms with van der Waals surface area (Å²) in [4.78, 5) is 28.4. The fourth-order valence-electron chi connectivity index (χ4n) is 3.62.